The van der Waals surface area contributed by atoms with Gasteiger partial charge in [-0.2, -0.15) is 0 Å². The van der Waals surface area contributed by atoms with E-state index in [9.17, 15) is 0 Å². The molecule has 0 spiro atoms. The minimum absolute atomic E-state index is 0. The van der Waals surface area contributed by atoms with Crippen LogP contribution in [0.15, 0.2) is 0 Å². The molecule has 0 bridgehead atoms. The van der Waals surface area contributed by atoms with E-state index < -0.39 is 0 Å². The quantitative estimate of drug-likeness (QED) is 0.404. The van der Waals surface area contributed by atoms with Gasteiger partial charge in [0.05, 0.1) is 0 Å². The van der Waals surface area contributed by atoms with Crippen molar-refractivity contribution in [3.8, 4) is 0 Å². The zero-order valence-electron chi connectivity index (χ0n) is 3.55. The van der Waals surface area contributed by atoms with Gasteiger partial charge in [0, 0.05) is 0 Å². The first-order valence-electron chi connectivity index (χ1n) is 0. The van der Waals surface area contributed by atoms with Gasteiger partial charge in [-0.1, -0.05) is 0 Å². The van der Waals surface area contributed by atoms with Crippen molar-refractivity contribution in [1.29, 1.82) is 0 Å². The summed E-state index contributed by atoms with van der Waals surface area (Å²) in [6.45, 7) is 0. The second-order valence-electron chi connectivity index (χ2n) is 0. The summed E-state index contributed by atoms with van der Waals surface area (Å²) >= 11 is 0. The standard InChI is InChI=1S/Ge.2Mg.4O/q+4;2*+2;4*-2. The molecular weight excluding hydrogens is 185 g/mol. The summed E-state index contributed by atoms with van der Waals surface area (Å²) in [4.78, 5) is 0. The van der Waals surface area contributed by atoms with Crippen LogP contribution in [0.3, 0.4) is 0 Å². The Morgan fingerprint density at radius 3 is 0.429 bits per heavy atom. The van der Waals surface area contributed by atoms with Crippen molar-refractivity contribution in [3.05, 3.63) is 0 Å². The summed E-state index contributed by atoms with van der Waals surface area (Å²) in [5.41, 5.74) is 0. The largest absolute Gasteiger partial charge is 4.00 e. The minimum atomic E-state index is 0. The van der Waals surface area contributed by atoms with Gasteiger partial charge in [0.2, 0.25) is 0 Å². The topological polar surface area (TPSA) is 114 Å². The van der Waals surface area contributed by atoms with Crippen molar-refractivity contribution in [2.75, 3.05) is 0 Å². The Bertz CT molecular complexity index is 9.65. The van der Waals surface area contributed by atoms with Crippen LogP contribution in [0, 0.1) is 0 Å². The first-order valence-corrected chi connectivity index (χ1v) is 0. The summed E-state index contributed by atoms with van der Waals surface area (Å²) in [7, 11) is 0. The fourth-order valence-corrected chi connectivity index (χ4v) is 0. The number of hydrogen-bond acceptors (Lipinski definition) is 0. The molecular formula is GeMg2O4. The average molecular weight is 185 g/mol. The van der Waals surface area contributed by atoms with E-state index in [0.29, 0.717) is 0 Å². The molecule has 0 saturated heterocycles. The zero-order valence-corrected chi connectivity index (χ0v) is 8.47. The summed E-state index contributed by atoms with van der Waals surface area (Å²) < 4.78 is 0. The molecule has 0 aromatic heterocycles. The molecule has 0 rings (SSSR count). The third-order valence-corrected chi connectivity index (χ3v) is 0. The molecule has 4 nitrogen and oxygen atoms in total. The molecule has 0 fully saturated rings. The van der Waals surface area contributed by atoms with Gasteiger partial charge in [0.25, 0.3) is 0 Å². The first kappa shape index (κ1) is 152. The molecule has 0 aliphatic rings. The van der Waals surface area contributed by atoms with Crippen LogP contribution in [-0.2, 0) is 21.9 Å². The maximum absolute atomic E-state index is 0. The summed E-state index contributed by atoms with van der Waals surface area (Å²) in [6, 6.07) is 0. The van der Waals surface area contributed by atoms with Crippen molar-refractivity contribution in [3.63, 3.8) is 0 Å². The van der Waals surface area contributed by atoms with Crippen LogP contribution < -0.4 is 0 Å². The SMILES string of the molecule is [Ge+4].[Mg+2].[Mg+2].[O-2].[O-2].[O-2].[O-2]. The molecule has 0 radical (unpaired) electrons. The van der Waals surface area contributed by atoms with Crippen LogP contribution in [0.1, 0.15) is 0 Å². The van der Waals surface area contributed by atoms with Crippen LogP contribution in [0.5, 0.6) is 0 Å². The molecule has 32 valence electrons. The van der Waals surface area contributed by atoms with Gasteiger partial charge in [-0.05, 0) is 0 Å². The molecule has 0 N–H and O–H groups in total. The Kier molecular flexibility index (Phi) is 2240. The molecule has 7 heavy (non-hydrogen) atoms. The molecule has 0 aromatic rings. The molecule has 0 atom stereocenters. The molecule has 0 aromatic carbocycles. The zero-order chi connectivity index (χ0) is 0. The Balaban J connectivity index is 0. The first-order chi connectivity index (χ1) is 0. The molecule has 0 amide bonds. The molecule has 0 unspecified atom stereocenters. The van der Waals surface area contributed by atoms with Gasteiger partial charge in [-0.3, -0.25) is 0 Å². The van der Waals surface area contributed by atoms with Gasteiger partial charge >= 0.3 is 63.7 Å². The van der Waals surface area contributed by atoms with Gasteiger partial charge < -0.3 is 21.9 Å². The van der Waals surface area contributed by atoms with E-state index in [2.05, 4.69) is 0 Å². The van der Waals surface area contributed by atoms with E-state index in [-0.39, 0.29) is 85.6 Å². The molecule has 0 saturated carbocycles. The van der Waals surface area contributed by atoms with Crippen LogP contribution in [0.2, 0.25) is 0 Å². The Morgan fingerprint density at radius 2 is 0.429 bits per heavy atom. The van der Waals surface area contributed by atoms with Gasteiger partial charge in [0.1, 0.15) is 0 Å². The monoisotopic (exact) mass is 186 g/mol. The van der Waals surface area contributed by atoms with Crippen molar-refractivity contribution in [1.82, 2.24) is 0 Å². The van der Waals surface area contributed by atoms with Crippen molar-refractivity contribution in [2.45, 2.75) is 0 Å². The summed E-state index contributed by atoms with van der Waals surface area (Å²) in [6.07, 6.45) is 0. The molecule has 7 heteroatoms. The van der Waals surface area contributed by atoms with Crippen molar-refractivity contribution in [2.24, 2.45) is 0 Å². The minimum Gasteiger partial charge on any atom is -2.00 e. The summed E-state index contributed by atoms with van der Waals surface area (Å²) in [5, 5.41) is 0. The maximum Gasteiger partial charge on any atom is 4.00 e. The van der Waals surface area contributed by atoms with Gasteiger partial charge in [0.15, 0.2) is 0 Å². The van der Waals surface area contributed by atoms with E-state index in [1.165, 1.54) is 0 Å². The van der Waals surface area contributed by atoms with Crippen LogP contribution in [0.4, 0.5) is 0 Å². The van der Waals surface area contributed by atoms with E-state index in [1.807, 2.05) is 0 Å². The Labute approximate surface area is 84.9 Å². The van der Waals surface area contributed by atoms with Gasteiger partial charge in [-0.25, -0.2) is 0 Å². The molecule has 0 heterocycles. The normalized spacial score (nSPS) is 0. The van der Waals surface area contributed by atoms with Crippen molar-refractivity contribution >= 4 is 63.7 Å². The van der Waals surface area contributed by atoms with E-state index in [4.69, 9.17) is 0 Å². The maximum atomic E-state index is 0. The number of hydrogen-bond donors (Lipinski definition) is 0. The fourth-order valence-electron chi connectivity index (χ4n) is 0. The van der Waals surface area contributed by atoms with E-state index >= 15 is 0 Å². The number of rotatable bonds is 0. The molecule has 0 aliphatic heterocycles. The second kappa shape index (κ2) is 103. The van der Waals surface area contributed by atoms with Crippen LogP contribution in [-0.4, -0.2) is 63.7 Å². The molecule has 0 aliphatic carbocycles. The van der Waals surface area contributed by atoms with E-state index in [0.717, 1.165) is 0 Å². The average Bonchev–Trinajstić information content (AvgIpc) is 0. The van der Waals surface area contributed by atoms with Crippen LogP contribution in [0.25, 0.3) is 0 Å². The van der Waals surface area contributed by atoms with E-state index in [1.54, 1.807) is 0 Å². The van der Waals surface area contributed by atoms with Crippen molar-refractivity contribution < 1.29 is 21.9 Å². The van der Waals surface area contributed by atoms with Gasteiger partial charge in [-0.15, -0.1) is 0 Å². The second-order valence-corrected chi connectivity index (χ2v) is 0. The third kappa shape index (κ3) is 75.5. The Hall–Kier alpha value is 1.92. The predicted molar refractivity (Wildman–Crippen MR) is 20.0 cm³/mol. The Morgan fingerprint density at radius 1 is 0.429 bits per heavy atom. The third-order valence-electron chi connectivity index (χ3n) is 0. The van der Waals surface area contributed by atoms with Crippen LogP contribution >= 0.6 is 0 Å². The summed E-state index contributed by atoms with van der Waals surface area (Å²) in [5.74, 6) is 0. The predicted octanol–water partition coefficient (Wildman–Crippen LogP) is -1.62. The fraction of sp³-hybridized carbons (Fsp3) is 0. The smallest absolute Gasteiger partial charge is 2.00 e.